The molecule has 0 radical (unpaired) electrons. The Morgan fingerprint density at radius 3 is 1.30 bits per heavy atom. The van der Waals surface area contributed by atoms with Crippen LogP contribution in [0.3, 0.4) is 0 Å². The van der Waals surface area contributed by atoms with Gasteiger partial charge in [0.2, 0.25) is 0 Å². The van der Waals surface area contributed by atoms with Gasteiger partial charge in [-0.25, -0.2) is 15.0 Å². The van der Waals surface area contributed by atoms with E-state index >= 15 is 0 Å². The monoisotopic (exact) mass is 816 g/mol. The van der Waals surface area contributed by atoms with E-state index in [0.29, 0.717) is 17.5 Å². The van der Waals surface area contributed by atoms with Crippen LogP contribution >= 0.6 is 0 Å². The van der Waals surface area contributed by atoms with Crippen LogP contribution < -0.4 is 0 Å². The maximum Gasteiger partial charge on any atom is 0.164 e. The molecular weight excluding hydrogens is 781 g/mol. The summed E-state index contributed by atoms with van der Waals surface area (Å²) in [4.78, 5) is 15.3. The van der Waals surface area contributed by atoms with Gasteiger partial charge in [-0.3, -0.25) is 0 Å². The van der Waals surface area contributed by atoms with Crippen LogP contribution in [0.1, 0.15) is 0 Å². The van der Waals surface area contributed by atoms with Gasteiger partial charge in [-0.2, -0.15) is 0 Å². The van der Waals surface area contributed by atoms with E-state index in [1.807, 2.05) is 0 Å². The zero-order valence-corrected chi connectivity index (χ0v) is 34.5. The van der Waals surface area contributed by atoms with Crippen molar-refractivity contribution in [1.82, 2.24) is 19.5 Å². The molecule has 0 spiro atoms. The molecule has 3 heterocycles. The summed E-state index contributed by atoms with van der Waals surface area (Å²) in [5.41, 5.74) is 12.4. The lowest BCUT2D eigenvalue weighted by molar-refractivity contribution is 0.669. The Hall–Kier alpha value is -8.67. The molecule has 0 atom stereocenters. The summed E-state index contributed by atoms with van der Waals surface area (Å²) < 4.78 is 9.02. The Morgan fingerprint density at radius 2 is 0.750 bits per heavy atom. The largest absolute Gasteiger partial charge is 0.456 e. The van der Waals surface area contributed by atoms with E-state index in [-0.39, 0.29) is 0 Å². The van der Waals surface area contributed by atoms with E-state index in [2.05, 4.69) is 223 Å². The van der Waals surface area contributed by atoms with Gasteiger partial charge in [0.25, 0.3) is 0 Å². The number of nitrogens with zero attached hydrogens (tertiary/aromatic N) is 4. The molecule has 0 aliphatic carbocycles. The maximum atomic E-state index is 6.64. The molecule has 0 fully saturated rings. The smallest absolute Gasteiger partial charge is 0.164 e. The van der Waals surface area contributed by atoms with Crippen molar-refractivity contribution < 1.29 is 4.42 Å². The number of fused-ring (bicyclic) bond motifs is 8. The second-order valence-corrected chi connectivity index (χ2v) is 16.5. The van der Waals surface area contributed by atoms with Crippen molar-refractivity contribution in [1.29, 1.82) is 0 Å². The molecule has 13 aromatic rings. The summed E-state index contributed by atoms with van der Waals surface area (Å²) in [7, 11) is 0. The van der Waals surface area contributed by atoms with Gasteiger partial charge in [0.15, 0.2) is 17.5 Å². The molecule has 3 aromatic heterocycles. The molecule has 5 heteroatoms. The van der Waals surface area contributed by atoms with Crippen LogP contribution in [0.4, 0.5) is 0 Å². The average molecular weight is 817 g/mol. The van der Waals surface area contributed by atoms with Gasteiger partial charge in [-0.1, -0.05) is 152 Å². The van der Waals surface area contributed by atoms with Gasteiger partial charge in [-0.15, -0.1) is 0 Å². The third-order valence-electron chi connectivity index (χ3n) is 12.6. The predicted molar refractivity (Wildman–Crippen MR) is 264 cm³/mol. The van der Waals surface area contributed by atoms with E-state index in [1.54, 1.807) is 0 Å². The molecule has 0 amide bonds. The Balaban J connectivity index is 0.950. The van der Waals surface area contributed by atoms with Gasteiger partial charge in [0.05, 0.1) is 11.0 Å². The van der Waals surface area contributed by atoms with Crippen molar-refractivity contribution >= 4 is 65.3 Å². The first-order valence-electron chi connectivity index (χ1n) is 21.6. The molecule has 0 N–H and O–H groups in total. The molecule has 0 saturated carbocycles. The molecule has 64 heavy (non-hydrogen) atoms. The van der Waals surface area contributed by atoms with Gasteiger partial charge in [-0.05, 0) is 111 Å². The molecule has 298 valence electrons. The SMILES string of the molecule is c1ccc(-c2ccc3c(c2)c2cc(-c4ccccc4)ccc2n3-c2ccc3oc4cc(-c5nc(-c6ccc7ccccc7c6)nc(-c6ccc7ccccc7c6)n5)ccc4c3c2)cc1. The normalized spacial score (nSPS) is 11.8. The zero-order valence-electron chi connectivity index (χ0n) is 34.5. The van der Waals surface area contributed by atoms with E-state index in [9.17, 15) is 0 Å². The highest BCUT2D eigenvalue weighted by atomic mass is 16.3. The number of hydrogen-bond donors (Lipinski definition) is 0. The Morgan fingerprint density at radius 1 is 0.281 bits per heavy atom. The second-order valence-electron chi connectivity index (χ2n) is 16.5. The Bertz CT molecular complexity index is 3770. The van der Waals surface area contributed by atoms with Crippen LogP contribution in [0, 0.1) is 0 Å². The average Bonchev–Trinajstić information content (AvgIpc) is 3.90. The van der Waals surface area contributed by atoms with Crippen molar-refractivity contribution in [2.45, 2.75) is 0 Å². The third kappa shape index (κ3) is 6.05. The van der Waals surface area contributed by atoms with E-state index in [4.69, 9.17) is 19.4 Å². The number of furan rings is 1. The first kappa shape index (κ1) is 36.0. The van der Waals surface area contributed by atoms with Gasteiger partial charge < -0.3 is 8.98 Å². The topological polar surface area (TPSA) is 56.7 Å². The third-order valence-corrected chi connectivity index (χ3v) is 12.6. The summed E-state index contributed by atoms with van der Waals surface area (Å²) >= 11 is 0. The molecule has 0 aliphatic rings. The summed E-state index contributed by atoms with van der Waals surface area (Å²) in [6.07, 6.45) is 0. The summed E-state index contributed by atoms with van der Waals surface area (Å²) in [5.74, 6) is 1.82. The van der Waals surface area contributed by atoms with Crippen LogP contribution in [0.5, 0.6) is 0 Å². The summed E-state index contributed by atoms with van der Waals surface area (Å²) in [6, 6.07) is 77.2. The lowest BCUT2D eigenvalue weighted by Gasteiger charge is -2.10. The maximum absolute atomic E-state index is 6.64. The van der Waals surface area contributed by atoms with E-state index < -0.39 is 0 Å². The van der Waals surface area contributed by atoms with Crippen LogP contribution in [0.25, 0.3) is 127 Å². The van der Waals surface area contributed by atoms with Crippen molar-refractivity contribution in [2.24, 2.45) is 0 Å². The number of benzene rings is 10. The Labute approximate surface area is 368 Å². The van der Waals surface area contributed by atoms with Gasteiger partial charge in [0, 0.05) is 43.9 Å². The standard InChI is InChI=1S/C59H36N4O/c1-3-11-37(12-4-1)43-24-28-53-50(33-43)51-34-44(38-13-5-2-6-14-38)25-29-54(51)63(53)48-26-30-55-52(36-48)49-27-23-47(35-56(49)64-55)59-61-57(45-21-19-39-15-7-9-17-41(39)31-45)60-58(62-59)46-22-20-40-16-8-10-18-42(40)32-46/h1-36H. The lowest BCUT2D eigenvalue weighted by Crippen LogP contribution is -2.00. The van der Waals surface area contributed by atoms with Crippen LogP contribution in [0.2, 0.25) is 0 Å². The van der Waals surface area contributed by atoms with E-state index in [1.165, 1.54) is 43.8 Å². The van der Waals surface area contributed by atoms with Crippen molar-refractivity contribution in [3.63, 3.8) is 0 Å². The number of rotatable bonds is 6. The lowest BCUT2D eigenvalue weighted by atomic mass is 10.0. The van der Waals surface area contributed by atoms with Gasteiger partial charge >= 0.3 is 0 Å². The first-order valence-corrected chi connectivity index (χ1v) is 21.6. The molecule has 0 saturated heterocycles. The first-order chi connectivity index (χ1) is 31.7. The fourth-order valence-corrected chi connectivity index (χ4v) is 9.39. The molecule has 0 aliphatic heterocycles. The fourth-order valence-electron chi connectivity index (χ4n) is 9.39. The number of hydrogen-bond acceptors (Lipinski definition) is 4. The predicted octanol–water partition coefficient (Wildman–Crippen LogP) is 15.5. The summed E-state index contributed by atoms with van der Waals surface area (Å²) in [5, 5.41) is 9.08. The molecular formula is C59H36N4O. The molecule has 13 rings (SSSR count). The van der Waals surface area contributed by atoms with Crippen LogP contribution in [-0.4, -0.2) is 19.5 Å². The summed E-state index contributed by atoms with van der Waals surface area (Å²) in [6.45, 7) is 0. The minimum Gasteiger partial charge on any atom is -0.456 e. The Kier molecular flexibility index (Phi) is 8.15. The van der Waals surface area contributed by atoms with Crippen molar-refractivity contribution in [2.75, 3.05) is 0 Å². The highest BCUT2D eigenvalue weighted by Crippen LogP contribution is 2.40. The highest BCUT2D eigenvalue weighted by Gasteiger charge is 2.19. The fraction of sp³-hybridized carbons (Fsp3) is 0. The molecule has 10 aromatic carbocycles. The molecule has 5 nitrogen and oxygen atoms in total. The van der Waals surface area contributed by atoms with Gasteiger partial charge in [0.1, 0.15) is 11.2 Å². The van der Waals surface area contributed by atoms with E-state index in [0.717, 1.165) is 66.1 Å². The zero-order chi connectivity index (χ0) is 42.1. The minimum absolute atomic E-state index is 0.583. The quantitative estimate of drug-likeness (QED) is 0.168. The van der Waals surface area contributed by atoms with Crippen LogP contribution in [-0.2, 0) is 0 Å². The molecule has 0 unspecified atom stereocenters. The minimum atomic E-state index is 0.583. The highest BCUT2D eigenvalue weighted by molar-refractivity contribution is 6.13. The van der Waals surface area contributed by atoms with Crippen molar-refractivity contribution in [3.8, 4) is 62.1 Å². The number of aromatic nitrogens is 4. The molecule has 0 bridgehead atoms. The second kappa shape index (κ2) is 14.5. The van der Waals surface area contributed by atoms with Crippen LogP contribution in [0.15, 0.2) is 223 Å². The van der Waals surface area contributed by atoms with Crippen molar-refractivity contribution in [3.05, 3.63) is 218 Å².